The summed E-state index contributed by atoms with van der Waals surface area (Å²) >= 11 is 0. The van der Waals surface area contributed by atoms with E-state index < -0.39 is 6.10 Å². The normalized spacial score (nSPS) is 31.1. The Labute approximate surface area is 83.4 Å². The first-order valence-corrected chi connectivity index (χ1v) is 5.19. The smallest absolute Gasteiger partial charge is 0.269 e. The summed E-state index contributed by atoms with van der Waals surface area (Å²) in [5, 5.41) is 13.9. The minimum absolute atomic E-state index is 0.350. The predicted octanol–water partition coefficient (Wildman–Crippen LogP) is 0.803. The van der Waals surface area contributed by atoms with E-state index >= 15 is 0 Å². The third-order valence-corrected chi connectivity index (χ3v) is 3.57. The van der Waals surface area contributed by atoms with Crippen molar-refractivity contribution in [2.24, 2.45) is 10.5 Å². The van der Waals surface area contributed by atoms with Crippen LogP contribution in [-0.4, -0.2) is 22.8 Å². The number of rotatable bonds is 0. The zero-order valence-electron chi connectivity index (χ0n) is 8.42. The number of aliphatic hydroxyl groups excluding tert-OH is 1. The first-order valence-electron chi connectivity index (χ1n) is 5.19. The van der Waals surface area contributed by atoms with Crippen LogP contribution in [0.15, 0.2) is 5.10 Å². The molecule has 0 bridgehead atoms. The monoisotopic (exact) mass is 196 g/mol. The maximum atomic E-state index is 11.3. The van der Waals surface area contributed by atoms with E-state index in [2.05, 4.69) is 10.5 Å². The molecule has 2 N–H and O–H groups in total. The van der Waals surface area contributed by atoms with Gasteiger partial charge in [0.1, 0.15) is 6.10 Å². The molecule has 0 aromatic carbocycles. The van der Waals surface area contributed by atoms with Crippen LogP contribution in [0.3, 0.4) is 0 Å². The van der Waals surface area contributed by atoms with E-state index in [0.717, 1.165) is 31.4 Å². The Kier molecular flexibility index (Phi) is 2.31. The molecule has 0 saturated heterocycles. The Hall–Kier alpha value is -0.900. The van der Waals surface area contributed by atoms with Crippen LogP contribution >= 0.6 is 0 Å². The second-order valence-corrected chi connectivity index (χ2v) is 4.29. The highest BCUT2D eigenvalue weighted by Crippen LogP contribution is 2.41. The fourth-order valence-electron chi connectivity index (χ4n) is 2.58. The first kappa shape index (κ1) is 9.65. The topological polar surface area (TPSA) is 61.7 Å². The maximum Gasteiger partial charge on any atom is 0.269 e. The molecule has 0 aromatic heterocycles. The molecule has 1 aliphatic heterocycles. The highest BCUT2D eigenvalue weighted by molar-refractivity contribution is 5.98. The van der Waals surface area contributed by atoms with Crippen molar-refractivity contribution in [3.8, 4) is 0 Å². The Balaban J connectivity index is 2.32. The number of hydrazone groups is 1. The van der Waals surface area contributed by atoms with Crippen LogP contribution in [-0.2, 0) is 4.79 Å². The summed E-state index contributed by atoms with van der Waals surface area (Å²) in [7, 11) is 0. The summed E-state index contributed by atoms with van der Waals surface area (Å²) in [5.41, 5.74) is 2.87. The maximum absolute atomic E-state index is 11.3. The van der Waals surface area contributed by atoms with Gasteiger partial charge in [-0.2, -0.15) is 5.10 Å². The van der Waals surface area contributed by atoms with Gasteiger partial charge in [-0.25, -0.2) is 5.43 Å². The van der Waals surface area contributed by atoms with E-state index in [0.29, 0.717) is 0 Å². The molecule has 78 valence electrons. The molecule has 1 heterocycles. The van der Waals surface area contributed by atoms with Crippen molar-refractivity contribution in [3.63, 3.8) is 0 Å². The highest BCUT2D eigenvalue weighted by Gasteiger charge is 2.47. The van der Waals surface area contributed by atoms with Crippen molar-refractivity contribution in [1.82, 2.24) is 5.43 Å². The van der Waals surface area contributed by atoms with E-state index in [9.17, 15) is 9.90 Å². The SMILES string of the molecule is CC1=NNC(=O)C(O)C12CCCCC2. The minimum atomic E-state index is -0.903. The van der Waals surface area contributed by atoms with E-state index in [1.165, 1.54) is 6.42 Å². The molecule has 1 amide bonds. The lowest BCUT2D eigenvalue weighted by atomic mass is 9.66. The van der Waals surface area contributed by atoms with Crippen molar-refractivity contribution >= 4 is 11.6 Å². The standard InChI is InChI=1S/C10H16N2O2/c1-7-10(5-3-2-4-6-10)8(13)9(14)12-11-7/h8,13H,2-6H2,1H3,(H,12,14). The van der Waals surface area contributed by atoms with Gasteiger partial charge in [-0.1, -0.05) is 19.3 Å². The van der Waals surface area contributed by atoms with Crippen molar-refractivity contribution in [2.75, 3.05) is 0 Å². The summed E-state index contributed by atoms with van der Waals surface area (Å²) in [4.78, 5) is 11.3. The first-order chi connectivity index (χ1) is 6.67. The third kappa shape index (κ3) is 1.25. The Morgan fingerprint density at radius 3 is 2.71 bits per heavy atom. The number of amides is 1. The van der Waals surface area contributed by atoms with Crippen LogP contribution < -0.4 is 5.43 Å². The summed E-state index contributed by atoms with van der Waals surface area (Å²) < 4.78 is 0. The average Bonchev–Trinajstić information content (AvgIpc) is 2.23. The second kappa shape index (κ2) is 3.35. The minimum Gasteiger partial charge on any atom is -0.382 e. The van der Waals surface area contributed by atoms with Gasteiger partial charge in [0.2, 0.25) is 0 Å². The zero-order valence-corrected chi connectivity index (χ0v) is 8.42. The van der Waals surface area contributed by atoms with Gasteiger partial charge in [0.15, 0.2) is 0 Å². The second-order valence-electron chi connectivity index (χ2n) is 4.29. The lowest BCUT2D eigenvalue weighted by Gasteiger charge is -2.42. The zero-order chi connectivity index (χ0) is 10.2. The summed E-state index contributed by atoms with van der Waals surface area (Å²) in [5.74, 6) is -0.350. The average molecular weight is 196 g/mol. The van der Waals surface area contributed by atoms with Crippen LogP contribution in [0.4, 0.5) is 0 Å². The quantitative estimate of drug-likeness (QED) is 0.602. The van der Waals surface area contributed by atoms with Gasteiger partial charge in [-0.15, -0.1) is 0 Å². The predicted molar refractivity (Wildman–Crippen MR) is 52.8 cm³/mol. The van der Waals surface area contributed by atoms with Gasteiger partial charge in [0.05, 0.1) is 0 Å². The lowest BCUT2D eigenvalue weighted by Crippen LogP contribution is -2.54. The van der Waals surface area contributed by atoms with Crippen molar-refractivity contribution < 1.29 is 9.90 Å². The largest absolute Gasteiger partial charge is 0.382 e. The van der Waals surface area contributed by atoms with E-state index in [-0.39, 0.29) is 11.3 Å². The molecule has 4 nitrogen and oxygen atoms in total. The molecule has 0 radical (unpaired) electrons. The Morgan fingerprint density at radius 1 is 1.43 bits per heavy atom. The molecule has 1 saturated carbocycles. The van der Waals surface area contributed by atoms with Gasteiger partial charge in [0.25, 0.3) is 5.91 Å². The third-order valence-electron chi connectivity index (χ3n) is 3.57. The van der Waals surface area contributed by atoms with Crippen LogP contribution in [0, 0.1) is 5.41 Å². The van der Waals surface area contributed by atoms with Gasteiger partial charge < -0.3 is 5.11 Å². The van der Waals surface area contributed by atoms with E-state index in [4.69, 9.17) is 0 Å². The molecule has 14 heavy (non-hydrogen) atoms. The lowest BCUT2D eigenvalue weighted by molar-refractivity contribution is -0.136. The molecule has 1 aliphatic carbocycles. The van der Waals surface area contributed by atoms with Crippen molar-refractivity contribution in [2.45, 2.75) is 45.1 Å². The number of nitrogens with one attached hydrogen (secondary N) is 1. The van der Waals surface area contributed by atoms with Gasteiger partial charge in [-0.3, -0.25) is 4.79 Å². The molecular weight excluding hydrogens is 180 g/mol. The molecule has 0 aromatic rings. The molecule has 4 heteroatoms. The summed E-state index contributed by atoms with van der Waals surface area (Å²) in [6, 6.07) is 0. The number of carbonyl (C=O) groups is 1. The van der Waals surface area contributed by atoms with Crippen LogP contribution in [0.5, 0.6) is 0 Å². The number of nitrogens with zero attached hydrogens (tertiary/aromatic N) is 1. The van der Waals surface area contributed by atoms with E-state index in [1.807, 2.05) is 6.92 Å². The van der Waals surface area contributed by atoms with Crippen molar-refractivity contribution in [1.29, 1.82) is 0 Å². The fraction of sp³-hybridized carbons (Fsp3) is 0.800. The van der Waals surface area contributed by atoms with Crippen molar-refractivity contribution in [3.05, 3.63) is 0 Å². The summed E-state index contributed by atoms with van der Waals surface area (Å²) in [6.45, 7) is 1.90. The van der Waals surface area contributed by atoms with E-state index in [1.54, 1.807) is 0 Å². The highest BCUT2D eigenvalue weighted by atomic mass is 16.3. The fourth-order valence-corrected chi connectivity index (χ4v) is 2.58. The van der Waals surface area contributed by atoms with Gasteiger partial charge in [-0.05, 0) is 19.8 Å². The molecular formula is C10H16N2O2. The molecule has 1 atom stereocenters. The Bertz CT molecular complexity index is 280. The number of carbonyl (C=O) groups excluding carboxylic acids is 1. The van der Waals surface area contributed by atoms with Gasteiger partial charge >= 0.3 is 0 Å². The molecule has 1 spiro atoms. The Morgan fingerprint density at radius 2 is 2.07 bits per heavy atom. The summed E-state index contributed by atoms with van der Waals surface area (Å²) in [6.07, 6.45) is 4.23. The molecule has 1 unspecified atom stereocenters. The van der Waals surface area contributed by atoms with Crippen LogP contribution in [0.2, 0.25) is 0 Å². The van der Waals surface area contributed by atoms with Crippen LogP contribution in [0.1, 0.15) is 39.0 Å². The molecule has 2 rings (SSSR count). The van der Waals surface area contributed by atoms with Crippen LogP contribution in [0.25, 0.3) is 0 Å². The number of hydrogen-bond donors (Lipinski definition) is 2. The number of aliphatic hydroxyl groups is 1. The molecule has 1 fully saturated rings. The molecule has 2 aliphatic rings. The van der Waals surface area contributed by atoms with Gasteiger partial charge in [0, 0.05) is 11.1 Å². The number of hydrogen-bond acceptors (Lipinski definition) is 3.